The van der Waals surface area contributed by atoms with E-state index in [4.69, 9.17) is 9.47 Å². The highest BCUT2D eigenvalue weighted by Gasteiger charge is 2.32. The van der Waals surface area contributed by atoms with Crippen molar-refractivity contribution in [2.24, 2.45) is 0 Å². The number of fused-ring (bicyclic) bond motifs is 2. The quantitative estimate of drug-likeness (QED) is 0.466. The Balaban J connectivity index is 1.81. The lowest BCUT2D eigenvalue weighted by Crippen LogP contribution is -1.92. The first kappa shape index (κ1) is 8.22. The van der Waals surface area contributed by atoms with Crippen LogP contribution in [0.4, 0.5) is 0 Å². The molecule has 2 aromatic rings. The van der Waals surface area contributed by atoms with Crippen molar-refractivity contribution in [1.82, 2.24) is 0 Å². The number of hydrogen-bond donors (Lipinski definition) is 0. The zero-order chi connectivity index (χ0) is 10.7. The molecule has 2 aliphatic heterocycles. The average Bonchev–Trinajstić information content (AvgIpc) is 3.17. The minimum atomic E-state index is 0.329. The van der Waals surface area contributed by atoms with Gasteiger partial charge in [-0.15, -0.1) is 0 Å². The van der Waals surface area contributed by atoms with Crippen LogP contribution in [0.25, 0.3) is 0 Å². The second-order valence-electron chi connectivity index (χ2n) is 4.27. The zero-order valence-electron chi connectivity index (χ0n) is 8.86. The van der Waals surface area contributed by atoms with Gasteiger partial charge in [0.1, 0.15) is 0 Å². The van der Waals surface area contributed by atoms with Gasteiger partial charge in [0.25, 0.3) is 0 Å². The Bertz CT molecular complexity index is 548. The third-order valence-electron chi connectivity index (χ3n) is 3.29. The highest BCUT2D eigenvalue weighted by Crippen LogP contribution is 2.55. The smallest absolute Gasteiger partial charge is 0.173 e. The molecule has 0 atom stereocenters. The molecular formula is C14H10O2. The van der Waals surface area contributed by atoms with Gasteiger partial charge in [-0.2, -0.15) is 0 Å². The number of para-hydroxylation sites is 2. The second-order valence-corrected chi connectivity index (χ2v) is 4.27. The summed E-state index contributed by atoms with van der Waals surface area (Å²) in [6.07, 6.45) is 0. The van der Waals surface area contributed by atoms with Gasteiger partial charge in [0.2, 0.25) is 0 Å². The highest BCUT2D eigenvalue weighted by molar-refractivity contribution is 5.66. The molecule has 0 spiro atoms. The van der Waals surface area contributed by atoms with Crippen LogP contribution in [0.5, 0.6) is 23.0 Å². The van der Waals surface area contributed by atoms with Gasteiger partial charge >= 0.3 is 0 Å². The Hall–Kier alpha value is -1.96. The molecule has 78 valence electrons. The van der Waals surface area contributed by atoms with E-state index in [-0.39, 0.29) is 0 Å². The molecule has 2 nitrogen and oxygen atoms in total. The molecule has 4 rings (SSSR count). The van der Waals surface area contributed by atoms with Gasteiger partial charge in [0, 0.05) is 17.0 Å². The van der Waals surface area contributed by atoms with Crippen molar-refractivity contribution in [3.05, 3.63) is 47.5 Å². The fourth-order valence-electron chi connectivity index (χ4n) is 2.27. The maximum absolute atomic E-state index is 5.43. The molecule has 2 aromatic carbocycles. The van der Waals surface area contributed by atoms with E-state index in [0.717, 1.165) is 23.0 Å². The fraction of sp³-hybridized carbons (Fsp3) is 0.143. The van der Waals surface area contributed by atoms with Crippen LogP contribution in [0.3, 0.4) is 0 Å². The molecule has 0 aromatic heterocycles. The Morgan fingerprint density at radius 3 is 1.81 bits per heavy atom. The van der Waals surface area contributed by atoms with Crippen LogP contribution in [0, 0.1) is 0 Å². The predicted molar refractivity (Wildman–Crippen MR) is 60.5 cm³/mol. The predicted octanol–water partition coefficient (Wildman–Crippen LogP) is 4.05. The van der Waals surface area contributed by atoms with E-state index in [0.29, 0.717) is 5.92 Å². The van der Waals surface area contributed by atoms with Crippen LogP contribution in [-0.2, 0) is 0 Å². The number of rotatable bonds is 2. The lowest BCUT2D eigenvalue weighted by Gasteiger charge is -2.08. The normalized spacial score (nSPS) is 13.6. The van der Waals surface area contributed by atoms with Gasteiger partial charge in [0.05, 0.1) is 0 Å². The first-order valence-electron chi connectivity index (χ1n) is 5.46. The molecule has 0 N–H and O–H groups in total. The van der Waals surface area contributed by atoms with Crippen LogP contribution in [0.2, 0.25) is 0 Å². The number of hydrogen-bond acceptors (Lipinski definition) is 2. The van der Waals surface area contributed by atoms with E-state index >= 15 is 0 Å². The molecule has 2 heteroatoms. The first-order chi connectivity index (χ1) is 7.84. The Morgan fingerprint density at radius 2 is 1.31 bits per heavy atom. The number of benzene rings is 2. The molecule has 0 amide bonds. The maximum atomic E-state index is 5.43. The third-order valence-corrected chi connectivity index (χ3v) is 3.29. The van der Waals surface area contributed by atoms with Crippen LogP contribution >= 0.6 is 0 Å². The first-order valence-corrected chi connectivity index (χ1v) is 5.46. The zero-order valence-corrected chi connectivity index (χ0v) is 8.86. The summed E-state index contributed by atoms with van der Waals surface area (Å²) < 4.78 is 10.9. The van der Waals surface area contributed by atoms with Crippen molar-refractivity contribution in [1.29, 1.82) is 0 Å². The van der Waals surface area contributed by atoms with Crippen LogP contribution in [0.1, 0.15) is 24.0 Å². The van der Waals surface area contributed by atoms with Gasteiger partial charge in [-0.3, -0.25) is 0 Å². The standard InChI is InChI=1S/C14H10O2/c1-8(9-4-2-6-11-13(9)15-11)10-5-3-7-12-14(10)16-12/h2-8H,1H3. The maximum Gasteiger partial charge on any atom is 0.173 e. The van der Waals surface area contributed by atoms with Crippen molar-refractivity contribution in [3.8, 4) is 23.0 Å². The number of ether oxygens (including phenoxy) is 2. The van der Waals surface area contributed by atoms with Crippen molar-refractivity contribution in [3.63, 3.8) is 0 Å². The highest BCUT2D eigenvalue weighted by atomic mass is 16.6. The van der Waals surface area contributed by atoms with Crippen LogP contribution in [0.15, 0.2) is 36.4 Å². The molecule has 0 bridgehead atoms. The Labute approximate surface area is 93.4 Å². The minimum absolute atomic E-state index is 0.329. The SMILES string of the molecule is CC(c1cccc2c1O2)c1cccc2c1O2. The molecule has 0 radical (unpaired) electrons. The van der Waals surface area contributed by atoms with Gasteiger partial charge < -0.3 is 9.47 Å². The van der Waals surface area contributed by atoms with Crippen molar-refractivity contribution in [2.45, 2.75) is 12.8 Å². The topological polar surface area (TPSA) is 25.1 Å². The third kappa shape index (κ3) is 1.01. The van der Waals surface area contributed by atoms with E-state index in [1.807, 2.05) is 24.3 Å². The van der Waals surface area contributed by atoms with Crippen molar-refractivity contribution in [2.75, 3.05) is 0 Å². The summed E-state index contributed by atoms with van der Waals surface area (Å²) in [7, 11) is 0. The largest absolute Gasteiger partial charge is 0.449 e. The summed E-state index contributed by atoms with van der Waals surface area (Å²) in [6.45, 7) is 2.19. The molecule has 2 heterocycles. The molecule has 0 saturated carbocycles. The van der Waals surface area contributed by atoms with E-state index in [9.17, 15) is 0 Å². The monoisotopic (exact) mass is 210 g/mol. The summed E-state index contributed by atoms with van der Waals surface area (Å²) in [5, 5.41) is 0. The molecule has 0 saturated heterocycles. The lowest BCUT2D eigenvalue weighted by atomic mass is 9.93. The Morgan fingerprint density at radius 1 is 0.812 bits per heavy atom. The van der Waals surface area contributed by atoms with E-state index < -0.39 is 0 Å². The van der Waals surface area contributed by atoms with Crippen LogP contribution in [-0.4, -0.2) is 0 Å². The van der Waals surface area contributed by atoms with Gasteiger partial charge in [0.15, 0.2) is 23.0 Å². The van der Waals surface area contributed by atoms with E-state index in [1.165, 1.54) is 11.1 Å². The summed E-state index contributed by atoms with van der Waals surface area (Å²) in [6, 6.07) is 12.3. The van der Waals surface area contributed by atoms with Gasteiger partial charge in [-0.25, -0.2) is 0 Å². The molecule has 2 aliphatic rings. The van der Waals surface area contributed by atoms with Crippen molar-refractivity contribution >= 4 is 0 Å². The lowest BCUT2D eigenvalue weighted by molar-refractivity contribution is 0.632. The summed E-state index contributed by atoms with van der Waals surface area (Å²) in [4.78, 5) is 0. The molecule has 0 unspecified atom stereocenters. The van der Waals surface area contributed by atoms with Crippen molar-refractivity contribution < 1.29 is 9.47 Å². The van der Waals surface area contributed by atoms with E-state index in [2.05, 4.69) is 19.1 Å². The summed E-state index contributed by atoms with van der Waals surface area (Å²) >= 11 is 0. The Kier molecular flexibility index (Phi) is 1.33. The molecular weight excluding hydrogens is 200 g/mol. The summed E-state index contributed by atoms with van der Waals surface area (Å²) in [5.41, 5.74) is 2.50. The summed E-state index contributed by atoms with van der Waals surface area (Å²) in [5.74, 6) is 4.46. The molecule has 16 heavy (non-hydrogen) atoms. The fourth-order valence-corrected chi connectivity index (χ4v) is 2.27. The molecule has 0 aliphatic carbocycles. The minimum Gasteiger partial charge on any atom is -0.449 e. The molecule has 0 fully saturated rings. The van der Waals surface area contributed by atoms with Gasteiger partial charge in [-0.1, -0.05) is 31.2 Å². The van der Waals surface area contributed by atoms with E-state index in [1.54, 1.807) is 0 Å². The van der Waals surface area contributed by atoms with Gasteiger partial charge in [-0.05, 0) is 12.1 Å². The average molecular weight is 210 g/mol. The second kappa shape index (κ2) is 2.59. The van der Waals surface area contributed by atoms with Crippen LogP contribution < -0.4 is 9.47 Å².